The van der Waals surface area contributed by atoms with E-state index in [0.29, 0.717) is 0 Å². The molecule has 7 nitrogen and oxygen atoms in total. The normalized spacial score (nSPS) is 18.2. The summed E-state index contributed by atoms with van der Waals surface area (Å²) in [5.74, 6) is 0.645. The summed E-state index contributed by atoms with van der Waals surface area (Å²) >= 11 is 0. The third kappa shape index (κ3) is 3.84. The van der Waals surface area contributed by atoms with Crippen molar-refractivity contribution >= 4 is 16.8 Å². The number of aromatic amines is 1. The molecule has 1 aromatic carbocycles. The molecule has 0 saturated carbocycles. The molecule has 162 valence electrons. The number of aromatic nitrogens is 3. The van der Waals surface area contributed by atoms with Crippen LogP contribution in [-0.2, 0) is 30.6 Å². The number of nitrogens with one attached hydrogen (secondary N) is 2. The lowest BCUT2D eigenvalue weighted by atomic mass is 9.91. The van der Waals surface area contributed by atoms with Crippen LogP contribution >= 0.6 is 0 Å². The first kappa shape index (κ1) is 19.8. The molecule has 0 fully saturated rings. The van der Waals surface area contributed by atoms with Crippen molar-refractivity contribution in [3.8, 4) is 5.75 Å². The molecule has 1 amide bonds. The van der Waals surface area contributed by atoms with Crippen LogP contribution in [0, 0.1) is 0 Å². The Hall–Kier alpha value is -3.09. The van der Waals surface area contributed by atoms with Crippen LogP contribution in [0.3, 0.4) is 0 Å². The molecule has 0 radical (unpaired) electrons. The summed E-state index contributed by atoms with van der Waals surface area (Å²) < 4.78 is 6.69. The lowest BCUT2D eigenvalue weighted by Crippen LogP contribution is -2.37. The minimum Gasteiger partial charge on any atom is -0.497 e. The van der Waals surface area contributed by atoms with E-state index < -0.39 is 0 Å². The van der Waals surface area contributed by atoms with E-state index in [2.05, 4.69) is 15.4 Å². The van der Waals surface area contributed by atoms with E-state index in [1.54, 1.807) is 13.2 Å². The monoisotopic (exact) mass is 420 g/mol. The van der Waals surface area contributed by atoms with Gasteiger partial charge in [-0.2, -0.15) is 5.10 Å². The maximum atomic E-state index is 12.8. The van der Waals surface area contributed by atoms with Crippen LogP contribution in [0.2, 0.25) is 0 Å². The van der Waals surface area contributed by atoms with Crippen LogP contribution in [0.1, 0.15) is 60.7 Å². The topological polar surface area (TPSA) is 89.0 Å². The highest BCUT2D eigenvalue weighted by molar-refractivity contribution is 5.87. The van der Waals surface area contributed by atoms with Crippen LogP contribution in [0.15, 0.2) is 29.1 Å². The number of hydrogen-bond acceptors (Lipinski definition) is 4. The summed E-state index contributed by atoms with van der Waals surface area (Å²) in [6.45, 7) is -0.0496. The lowest BCUT2D eigenvalue weighted by molar-refractivity contribution is -0.122. The zero-order valence-electron chi connectivity index (χ0n) is 17.9. The molecule has 3 aromatic rings. The van der Waals surface area contributed by atoms with Gasteiger partial charge in [0.15, 0.2) is 0 Å². The highest BCUT2D eigenvalue weighted by Crippen LogP contribution is 2.36. The number of benzene rings is 1. The van der Waals surface area contributed by atoms with Crippen LogP contribution in [0.5, 0.6) is 5.75 Å². The van der Waals surface area contributed by atoms with Crippen molar-refractivity contribution in [2.24, 2.45) is 0 Å². The predicted octanol–water partition coefficient (Wildman–Crippen LogP) is 3.20. The molecule has 0 saturated heterocycles. The highest BCUT2D eigenvalue weighted by Gasteiger charge is 2.26. The van der Waals surface area contributed by atoms with Crippen molar-refractivity contribution < 1.29 is 9.53 Å². The molecule has 0 aliphatic heterocycles. The molecule has 2 aromatic heterocycles. The number of methoxy groups -OCH3 is 1. The zero-order chi connectivity index (χ0) is 21.4. The van der Waals surface area contributed by atoms with Crippen LogP contribution in [-0.4, -0.2) is 27.8 Å². The smallest absolute Gasteiger partial charge is 0.267 e. The molecule has 2 heterocycles. The average Bonchev–Trinajstić information content (AvgIpc) is 2.99. The van der Waals surface area contributed by atoms with Gasteiger partial charge in [-0.05, 0) is 74.3 Å². The number of aryl methyl sites for hydroxylation is 3. The number of H-pyrrole nitrogens is 1. The van der Waals surface area contributed by atoms with E-state index in [4.69, 9.17) is 4.74 Å². The van der Waals surface area contributed by atoms with E-state index in [9.17, 15) is 9.59 Å². The molecule has 0 bridgehead atoms. The molecule has 0 unspecified atom stereocenters. The Morgan fingerprint density at radius 3 is 2.94 bits per heavy atom. The Bertz CT molecular complexity index is 1190. The molecule has 7 heteroatoms. The van der Waals surface area contributed by atoms with Crippen molar-refractivity contribution in [2.45, 2.75) is 64.0 Å². The zero-order valence-corrected chi connectivity index (χ0v) is 17.9. The van der Waals surface area contributed by atoms with Crippen LogP contribution in [0.25, 0.3) is 10.9 Å². The number of rotatable bonds is 4. The Morgan fingerprint density at radius 1 is 1.19 bits per heavy atom. The first-order valence-electron chi connectivity index (χ1n) is 11.2. The van der Waals surface area contributed by atoms with E-state index in [1.165, 1.54) is 10.2 Å². The summed E-state index contributed by atoms with van der Waals surface area (Å²) in [5.41, 5.74) is 5.17. The molecule has 2 N–H and O–H groups in total. The van der Waals surface area contributed by atoms with E-state index in [1.807, 2.05) is 18.2 Å². The van der Waals surface area contributed by atoms with E-state index >= 15 is 0 Å². The molecule has 31 heavy (non-hydrogen) atoms. The van der Waals surface area contributed by atoms with Crippen molar-refractivity contribution in [3.63, 3.8) is 0 Å². The van der Waals surface area contributed by atoms with Gasteiger partial charge in [-0.1, -0.05) is 6.42 Å². The van der Waals surface area contributed by atoms with Crippen molar-refractivity contribution in [2.75, 3.05) is 7.11 Å². The summed E-state index contributed by atoms with van der Waals surface area (Å²) in [4.78, 5) is 28.9. The van der Waals surface area contributed by atoms with Crippen molar-refractivity contribution in [3.05, 3.63) is 57.1 Å². The summed E-state index contributed by atoms with van der Waals surface area (Å²) in [6.07, 6.45) is 7.96. The number of carbonyl (C=O) groups excluding carboxylic acids is 1. The van der Waals surface area contributed by atoms with Gasteiger partial charge in [-0.25, -0.2) is 4.68 Å². The number of ether oxygens (including phenoxy) is 1. The summed E-state index contributed by atoms with van der Waals surface area (Å²) in [6, 6.07) is 7.59. The lowest BCUT2D eigenvalue weighted by Gasteiger charge is -2.24. The fourth-order valence-electron chi connectivity index (χ4n) is 4.98. The third-order valence-corrected chi connectivity index (χ3v) is 6.57. The van der Waals surface area contributed by atoms with Gasteiger partial charge in [-0.15, -0.1) is 0 Å². The third-order valence-electron chi connectivity index (χ3n) is 6.57. The van der Waals surface area contributed by atoms with Gasteiger partial charge in [-0.3, -0.25) is 9.59 Å². The number of carbonyl (C=O) groups is 1. The maximum Gasteiger partial charge on any atom is 0.267 e. The molecule has 0 spiro atoms. The molecule has 5 rings (SSSR count). The van der Waals surface area contributed by atoms with Gasteiger partial charge in [0.05, 0.1) is 18.8 Å². The van der Waals surface area contributed by atoms with Gasteiger partial charge in [0.25, 0.3) is 5.56 Å². The first-order valence-corrected chi connectivity index (χ1v) is 11.2. The van der Waals surface area contributed by atoms with Gasteiger partial charge in [0.1, 0.15) is 12.3 Å². The van der Waals surface area contributed by atoms with Gasteiger partial charge >= 0.3 is 0 Å². The summed E-state index contributed by atoms with van der Waals surface area (Å²) in [7, 11) is 1.67. The Balaban J connectivity index is 1.36. The largest absolute Gasteiger partial charge is 0.497 e. The molecular formula is C24H28N4O3. The number of nitrogens with zero attached hydrogens (tertiary/aromatic N) is 2. The molecule has 2 aliphatic rings. The van der Waals surface area contributed by atoms with E-state index in [0.717, 1.165) is 85.0 Å². The second kappa shape index (κ2) is 8.21. The Morgan fingerprint density at radius 2 is 2.06 bits per heavy atom. The first-order chi connectivity index (χ1) is 15.1. The molecule has 1 atom stereocenters. The van der Waals surface area contributed by atoms with Crippen molar-refractivity contribution in [1.82, 2.24) is 20.1 Å². The minimum absolute atomic E-state index is 0.0496. The fourth-order valence-corrected chi connectivity index (χ4v) is 4.98. The van der Waals surface area contributed by atoms with E-state index in [-0.39, 0.29) is 24.1 Å². The SMILES string of the molecule is COc1ccc2[nH]c3c(c2c1)CCC[C@@H]3NC(=O)Cn1nc2c(cc1=O)CCCCC2. The predicted molar refractivity (Wildman–Crippen MR) is 118 cm³/mol. The number of fused-ring (bicyclic) bond motifs is 4. The average molecular weight is 421 g/mol. The second-order valence-electron chi connectivity index (χ2n) is 8.61. The number of amides is 1. The molecule has 2 aliphatic carbocycles. The van der Waals surface area contributed by atoms with Crippen LogP contribution in [0.4, 0.5) is 0 Å². The maximum absolute atomic E-state index is 12.8. The Kier molecular flexibility index (Phi) is 5.26. The minimum atomic E-state index is -0.196. The molecular weight excluding hydrogens is 392 g/mol. The van der Waals surface area contributed by atoms with Gasteiger partial charge < -0.3 is 15.0 Å². The summed E-state index contributed by atoms with van der Waals surface area (Å²) in [5, 5.41) is 8.81. The number of hydrogen-bond donors (Lipinski definition) is 2. The van der Waals surface area contributed by atoms with Gasteiger partial charge in [0.2, 0.25) is 5.91 Å². The Labute approximate surface area is 180 Å². The van der Waals surface area contributed by atoms with Crippen LogP contribution < -0.4 is 15.6 Å². The standard InChI is InChI=1S/C24H28N4O3/c1-31-16-10-11-20-18(13-16)17-7-5-9-21(24(17)26-20)25-22(29)14-28-23(30)12-15-6-3-2-4-8-19(15)27-28/h10-13,21,26H,2-9,14H2,1H3,(H,25,29)/t21-/m0/s1. The van der Waals surface area contributed by atoms with Gasteiger partial charge in [0, 0.05) is 22.7 Å². The fraction of sp³-hybridized carbons (Fsp3) is 0.458. The quantitative estimate of drug-likeness (QED) is 0.635. The second-order valence-corrected chi connectivity index (χ2v) is 8.61. The highest BCUT2D eigenvalue weighted by atomic mass is 16.5. The van der Waals surface area contributed by atoms with Crippen molar-refractivity contribution in [1.29, 1.82) is 0 Å².